The van der Waals surface area contributed by atoms with E-state index in [1.165, 1.54) is 0 Å². The van der Waals surface area contributed by atoms with Crippen LogP contribution in [0.5, 0.6) is 0 Å². The quantitative estimate of drug-likeness (QED) is 0.682. The lowest BCUT2D eigenvalue weighted by Gasteiger charge is -2.41. The summed E-state index contributed by atoms with van der Waals surface area (Å²) in [6.07, 6.45) is 5.02. The summed E-state index contributed by atoms with van der Waals surface area (Å²) < 4.78 is 5.83. The van der Waals surface area contributed by atoms with Gasteiger partial charge in [-0.1, -0.05) is 48.0 Å². The van der Waals surface area contributed by atoms with Crippen LogP contribution in [0.15, 0.2) is 60.9 Å². The average Bonchev–Trinajstić information content (AvgIpc) is 2.68. The Kier molecular flexibility index (Phi) is 4.39. The minimum atomic E-state index is -1.03. The predicted octanol–water partition coefficient (Wildman–Crippen LogP) is 4.56. The molecule has 1 aromatic heterocycles. The van der Waals surface area contributed by atoms with Crippen LogP contribution in [0.4, 0.5) is 5.69 Å². The number of hydrogen-bond acceptors (Lipinski definition) is 3. The van der Waals surface area contributed by atoms with E-state index in [2.05, 4.69) is 4.98 Å². The molecule has 132 valence electrons. The number of fused-ring (bicyclic) bond motifs is 1. The Bertz CT molecular complexity index is 970. The molecule has 1 amide bonds. The van der Waals surface area contributed by atoms with Gasteiger partial charge in [0.15, 0.2) is 5.60 Å². The number of halogens is 1. The number of rotatable bonds is 3. The Hall–Kier alpha value is -2.43. The number of carbonyl (C=O) groups excluding carboxylic acids is 1. The SMILES string of the molecule is COC1(c2cccc(Cl)c2)CCCN(c2cncc3ccccc23)C1=O. The van der Waals surface area contributed by atoms with E-state index in [1.807, 2.05) is 48.7 Å². The van der Waals surface area contributed by atoms with E-state index in [1.54, 1.807) is 24.3 Å². The first-order valence-electron chi connectivity index (χ1n) is 8.61. The van der Waals surface area contributed by atoms with Crippen molar-refractivity contribution < 1.29 is 9.53 Å². The van der Waals surface area contributed by atoms with Gasteiger partial charge in [-0.15, -0.1) is 0 Å². The first-order chi connectivity index (χ1) is 12.7. The third-order valence-electron chi connectivity index (χ3n) is 5.08. The second-order valence-electron chi connectivity index (χ2n) is 6.48. The van der Waals surface area contributed by atoms with E-state index in [4.69, 9.17) is 16.3 Å². The molecule has 1 fully saturated rings. The van der Waals surface area contributed by atoms with Gasteiger partial charge in [-0.25, -0.2) is 0 Å². The standard InChI is InChI=1S/C21H19ClN2O2/c1-26-21(16-7-4-8-17(22)12-16)10-5-11-24(20(21)25)19-14-23-13-15-6-2-3-9-18(15)19/h2-4,6-9,12-14H,5,10-11H2,1H3. The molecular weight excluding hydrogens is 348 g/mol. The highest BCUT2D eigenvalue weighted by Gasteiger charge is 2.46. The van der Waals surface area contributed by atoms with Crippen LogP contribution in [0.2, 0.25) is 5.02 Å². The Labute approximate surface area is 157 Å². The molecule has 0 saturated carbocycles. The highest BCUT2D eigenvalue weighted by molar-refractivity contribution is 6.30. The molecule has 2 aromatic carbocycles. The van der Waals surface area contributed by atoms with Crippen LogP contribution in [-0.4, -0.2) is 24.5 Å². The van der Waals surface area contributed by atoms with E-state index in [-0.39, 0.29) is 5.91 Å². The number of pyridine rings is 1. The molecule has 26 heavy (non-hydrogen) atoms. The third-order valence-corrected chi connectivity index (χ3v) is 5.31. The number of ether oxygens (including phenoxy) is 1. The molecule has 0 bridgehead atoms. The minimum Gasteiger partial charge on any atom is -0.364 e. The number of aromatic nitrogens is 1. The van der Waals surface area contributed by atoms with Gasteiger partial charge in [0, 0.05) is 35.6 Å². The number of carbonyl (C=O) groups is 1. The lowest BCUT2D eigenvalue weighted by atomic mass is 9.84. The van der Waals surface area contributed by atoms with Crippen LogP contribution in [0.1, 0.15) is 18.4 Å². The first-order valence-corrected chi connectivity index (χ1v) is 8.99. The summed E-state index contributed by atoms with van der Waals surface area (Å²) in [6.45, 7) is 0.639. The van der Waals surface area contributed by atoms with Crippen molar-refractivity contribution in [3.8, 4) is 0 Å². The van der Waals surface area contributed by atoms with Gasteiger partial charge >= 0.3 is 0 Å². The number of nitrogens with zero attached hydrogens (tertiary/aromatic N) is 2. The van der Waals surface area contributed by atoms with E-state index in [9.17, 15) is 4.79 Å². The summed E-state index contributed by atoms with van der Waals surface area (Å²) in [6, 6.07) is 15.3. The van der Waals surface area contributed by atoms with Gasteiger partial charge in [0.2, 0.25) is 0 Å². The molecule has 1 aliphatic heterocycles. The Morgan fingerprint density at radius 3 is 2.81 bits per heavy atom. The molecule has 5 heteroatoms. The number of piperidine rings is 1. The monoisotopic (exact) mass is 366 g/mol. The zero-order valence-electron chi connectivity index (χ0n) is 14.5. The number of amides is 1. The molecule has 4 nitrogen and oxygen atoms in total. The molecule has 3 aromatic rings. The maximum absolute atomic E-state index is 13.6. The lowest BCUT2D eigenvalue weighted by Crippen LogP contribution is -2.52. The molecule has 1 atom stereocenters. The van der Waals surface area contributed by atoms with Gasteiger partial charge in [-0.2, -0.15) is 0 Å². The van der Waals surface area contributed by atoms with E-state index in [0.717, 1.165) is 28.4 Å². The van der Waals surface area contributed by atoms with Crippen molar-refractivity contribution >= 4 is 34.0 Å². The fourth-order valence-electron chi connectivity index (χ4n) is 3.77. The highest BCUT2D eigenvalue weighted by atomic mass is 35.5. The zero-order valence-corrected chi connectivity index (χ0v) is 15.2. The summed E-state index contributed by atoms with van der Waals surface area (Å²) in [5.41, 5.74) is 0.576. The van der Waals surface area contributed by atoms with Crippen LogP contribution >= 0.6 is 11.6 Å². The molecule has 4 rings (SSSR count). The molecule has 0 N–H and O–H groups in total. The van der Waals surface area contributed by atoms with Crippen LogP contribution in [0.25, 0.3) is 10.8 Å². The molecule has 1 saturated heterocycles. The topological polar surface area (TPSA) is 42.4 Å². The Morgan fingerprint density at radius 2 is 2.00 bits per heavy atom. The molecule has 1 aliphatic rings. The van der Waals surface area contributed by atoms with Crippen molar-refractivity contribution in [3.05, 3.63) is 71.5 Å². The van der Waals surface area contributed by atoms with Gasteiger partial charge in [0.05, 0.1) is 11.9 Å². The van der Waals surface area contributed by atoms with Crippen molar-refractivity contribution in [1.29, 1.82) is 0 Å². The highest BCUT2D eigenvalue weighted by Crippen LogP contribution is 2.40. The van der Waals surface area contributed by atoms with Crippen molar-refractivity contribution in [2.75, 3.05) is 18.6 Å². The third kappa shape index (κ3) is 2.66. The molecule has 0 aliphatic carbocycles. The summed E-state index contributed by atoms with van der Waals surface area (Å²) >= 11 is 6.17. The van der Waals surface area contributed by atoms with Crippen LogP contribution in [0, 0.1) is 0 Å². The second-order valence-corrected chi connectivity index (χ2v) is 6.92. The van der Waals surface area contributed by atoms with E-state index in [0.29, 0.717) is 18.0 Å². The Balaban J connectivity index is 1.83. The fourth-order valence-corrected chi connectivity index (χ4v) is 3.96. The smallest absolute Gasteiger partial charge is 0.263 e. The van der Waals surface area contributed by atoms with Crippen LogP contribution < -0.4 is 4.90 Å². The summed E-state index contributed by atoms with van der Waals surface area (Å²) in [5, 5.41) is 2.61. The normalized spacial score (nSPS) is 20.5. The maximum Gasteiger partial charge on any atom is 0.263 e. The second kappa shape index (κ2) is 6.71. The molecule has 0 spiro atoms. The summed E-state index contributed by atoms with van der Waals surface area (Å²) in [4.78, 5) is 19.7. The molecule has 1 unspecified atom stereocenters. The zero-order chi connectivity index (χ0) is 18.1. The van der Waals surface area contributed by atoms with E-state index < -0.39 is 5.60 Å². The molecule has 0 radical (unpaired) electrons. The predicted molar refractivity (Wildman–Crippen MR) is 103 cm³/mol. The average molecular weight is 367 g/mol. The van der Waals surface area contributed by atoms with Crippen molar-refractivity contribution in [3.63, 3.8) is 0 Å². The molecular formula is C21H19ClN2O2. The largest absolute Gasteiger partial charge is 0.364 e. The number of anilines is 1. The summed E-state index contributed by atoms with van der Waals surface area (Å²) in [7, 11) is 1.59. The number of benzene rings is 2. The van der Waals surface area contributed by atoms with Gasteiger partial charge in [0.25, 0.3) is 5.91 Å². The van der Waals surface area contributed by atoms with Gasteiger partial charge in [-0.3, -0.25) is 9.78 Å². The van der Waals surface area contributed by atoms with E-state index >= 15 is 0 Å². The molecule has 2 heterocycles. The van der Waals surface area contributed by atoms with Crippen molar-refractivity contribution in [1.82, 2.24) is 4.98 Å². The Morgan fingerprint density at radius 1 is 1.15 bits per heavy atom. The first kappa shape index (κ1) is 17.0. The maximum atomic E-state index is 13.6. The lowest BCUT2D eigenvalue weighted by molar-refractivity contribution is -0.145. The van der Waals surface area contributed by atoms with Crippen molar-refractivity contribution in [2.24, 2.45) is 0 Å². The van der Waals surface area contributed by atoms with Gasteiger partial charge in [-0.05, 0) is 30.5 Å². The fraction of sp³-hybridized carbons (Fsp3) is 0.238. The van der Waals surface area contributed by atoms with Crippen molar-refractivity contribution in [2.45, 2.75) is 18.4 Å². The van der Waals surface area contributed by atoms with Crippen LogP contribution in [-0.2, 0) is 15.1 Å². The minimum absolute atomic E-state index is 0.0772. The van der Waals surface area contributed by atoms with Crippen LogP contribution in [0.3, 0.4) is 0 Å². The number of hydrogen-bond donors (Lipinski definition) is 0. The number of methoxy groups -OCH3 is 1. The van der Waals surface area contributed by atoms with Gasteiger partial charge in [0.1, 0.15) is 0 Å². The summed E-state index contributed by atoms with van der Waals surface area (Å²) in [5.74, 6) is -0.0772. The van der Waals surface area contributed by atoms with Gasteiger partial charge < -0.3 is 9.64 Å².